The zero-order valence-corrected chi connectivity index (χ0v) is 12.5. The molecule has 1 aliphatic carbocycles. The lowest BCUT2D eigenvalue weighted by atomic mass is 10.1. The van der Waals surface area contributed by atoms with Crippen molar-refractivity contribution in [1.29, 1.82) is 0 Å². The van der Waals surface area contributed by atoms with Crippen LogP contribution in [0, 0.1) is 5.41 Å². The number of rotatable bonds is 3. The molecule has 110 valence electrons. The Bertz CT molecular complexity index is 467. The smallest absolute Gasteiger partial charge is 0.231 e. The predicted molar refractivity (Wildman–Crippen MR) is 82.5 cm³/mol. The van der Waals surface area contributed by atoms with Gasteiger partial charge in [0, 0.05) is 31.6 Å². The number of anilines is 2. The quantitative estimate of drug-likeness (QED) is 0.890. The molecule has 6 heteroatoms. The molecule has 0 aromatic carbocycles. The fourth-order valence-electron chi connectivity index (χ4n) is 2.25. The van der Waals surface area contributed by atoms with Crippen LogP contribution in [0.4, 0.5) is 11.5 Å². The Kier molecular flexibility index (Phi) is 4.50. The summed E-state index contributed by atoms with van der Waals surface area (Å²) in [6.07, 6.45) is 3.81. The molecule has 1 aromatic heterocycles. The van der Waals surface area contributed by atoms with Gasteiger partial charge in [0.1, 0.15) is 5.82 Å². The largest absolute Gasteiger partial charge is 0.368 e. The molecule has 1 amide bonds. The fourth-order valence-corrected chi connectivity index (χ4v) is 2.25. The van der Waals surface area contributed by atoms with E-state index in [1.807, 2.05) is 25.3 Å². The SMILES string of the molecule is CC1(C(=O)Nc2ccc(N3CCNCC3)cn2)CC1.Cl. The number of amides is 1. The normalized spacial score (nSPS) is 19.9. The molecule has 0 atom stereocenters. The molecule has 1 aromatic rings. The molecule has 20 heavy (non-hydrogen) atoms. The molecular formula is C14H21ClN4O. The molecule has 0 bridgehead atoms. The average Bonchev–Trinajstić information content (AvgIpc) is 3.20. The number of nitrogens with one attached hydrogen (secondary N) is 2. The Balaban J connectivity index is 0.00000147. The highest BCUT2D eigenvalue weighted by Gasteiger charge is 2.44. The van der Waals surface area contributed by atoms with Gasteiger partial charge in [0.05, 0.1) is 11.9 Å². The van der Waals surface area contributed by atoms with Gasteiger partial charge in [0.2, 0.25) is 5.91 Å². The third kappa shape index (κ3) is 3.22. The first-order valence-electron chi connectivity index (χ1n) is 6.91. The Morgan fingerprint density at radius 1 is 1.35 bits per heavy atom. The van der Waals surface area contributed by atoms with E-state index >= 15 is 0 Å². The number of pyridine rings is 1. The third-order valence-corrected chi connectivity index (χ3v) is 4.02. The van der Waals surface area contributed by atoms with Gasteiger partial charge in [-0.3, -0.25) is 4.79 Å². The topological polar surface area (TPSA) is 57.3 Å². The number of nitrogens with zero attached hydrogens (tertiary/aromatic N) is 2. The second-order valence-corrected chi connectivity index (χ2v) is 5.65. The van der Waals surface area contributed by atoms with Crippen LogP contribution in [-0.2, 0) is 4.79 Å². The first kappa shape index (κ1) is 15.1. The summed E-state index contributed by atoms with van der Waals surface area (Å²) in [6.45, 7) is 6.03. The Morgan fingerprint density at radius 2 is 2.05 bits per heavy atom. The molecule has 5 nitrogen and oxygen atoms in total. The van der Waals surface area contributed by atoms with Gasteiger partial charge in [-0.1, -0.05) is 6.92 Å². The van der Waals surface area contributed by atoms with Crippen LogP contribution in [0.3, 0.4) is 0 Å². The van der Waals surface area contributed by atoms with Crippen molar-refractivity contribution in [3.63, 3.8) is 0 Å². The highest BCUT2D eigenvalue weighted by Crippen LogP contribution is 2.45. The number of carbonyl (C=O) groups is 1. The molecule has 3 rings (SSSR count). The first-order chi connectivity index (χ1) is 9.17. The zero-order valence-electron chi connectivity index (χ0n) is 11.7. The lowest BCUT2D eigenvalue weighted by molar-refractivity contribution is -0.120. The molecule has 2 aliphatic rings. The van der Waals surface area contributed by atoms with Crippen molar-refractivity contribution >= 4 is 29.8 Å². The van der Waals surface area contributed by atoms with Gasteiger partial charge in [-0.2, -0.15) is 0 Å². The zero-order chi connectivity index (χ0) is 13.3. The number of halogens is 1. The minimum Gasteiger partial charge on any atom is -0.368 e. The van der Waals surface area contributed by atoms with Gasteiger partial charge >= 0.3 is 0 Å². The van der Waals surface area contributed by atoms with Crippen LogP contribution < -0.4 is 15.5 Å². The number of carbonyl (C=O) groups excluding carboxylic acids is 1. The monoisotopic (exact) mass is 296 g/mol. The number of piperazine rings is 1. The molecule has 0 spiro atoms. The van der Waals surface area contributed by atoms with E-state index in [0.29, 0.717) is 5.82 Å². The molecular weight excluding hydrogens is 276 g/mol. The third-order valence-electron chi connectivity index (χ3n) is 4.02. The van der Waals surface area contributed by atoms with E-state index in [0.717, 1.165) is 44.7 Å². The Labute approximate surface area is 125 Å². The van der Waals surface area contributed by atoms with Crippen molar-refractivity contribution in [2.45, 2.75) is 19.8 Å². The van der Waals surface area contributed by atoms with Gasteiger partial charge in [0.15, 0.2) is 0 Å². The van der Waals surface area contributed by atoms with E-state index in [9.17, 15) is 4.79 Å². The van der Waals surface area contributed by atoms with Crippen molar-refractivity contribution in [3.05, 3.63) is 18.3 Å². The van der Waals surface area contributed by atoms with E-state index in [1.165, 1.54) is 0 Å². The summed E-state index contributed by atoms with van der Waals surface area (Å²) in [4.78, 5) is 18.6. The van der Waals surface area contributed by atoms with E-state index < -0.39 is 0 Å². The van der Waals surface area contributed by atoms with Crippen molar-refractivity contribution < 1.29 is 4.79 Å². The Hall–Kier alpha value is -1.33. The van der Waals surface area contributed by atoms with E-state index in [2.05, 4.69) is 20.5 Å². The number of hydrogen-bond donors (Lipinski definition) is 2. The van der Waals surface area contributed by atoms with Crippen molar-refractivity contribution in [3.8, 4) is 0 Å². The highest BCUT2D eigenvalue weighted by molar-refractivity contribution is 5.96. The average molecular weight is 297 g/mol. The van der Waals surface area contributed by atoms with Crippen molar-refractivity contribution in [2.24, 2.45) is 5.41 Å². The number of hydrogen-bond acceptors (Lipinski definition) is 4. The summed E-state index contributed by atoms with van der Waals surface area (Å²) in [7, 11) is 0. The van der Waals surface area contributed by atoms with Crippen LogP contribution in [0.15, 0.2) is 18.3 Å². The fraction of sp³-hybridized carbons (Fsp3) is 0.571. The van der Waals surface area contributed by atoms with Gasteiger partial charge in [-0.05, 0) is 25.0 Å². The van der Waals surface area contributed by atoms with Gasteiger partial charge in [0.25, 0.3) is 0 Å². The summed E-state index contributed by atoms with van der Waals surface area (Å²) < 4.78 is 0. The Morgan fingerprint density at radius 3 is 2.60 bits per heavy atom. The summed E-state index contributed by atoms with van der Waals surface area (Å²) >= 11 is 0. The molecule has 1 saturated heterocycles. The minimum absolute atomic E-state index is 0. The molecule has 0 radical (unpaired) electrons. The summed E-state index contributed by atoms with van der Waals surface area (Å²) in [6, 6.07) is 3.92. The van der Waals surface area contributed by atoms with Gasteiger partial charge in [-0.25, -0.2) is 4.98 Å². The van der Waals surface area contributed by atoms with Crippen LogP contribution in [0.5, 0.6) is 0 Å². The van der Waals surface area contributed by atoms with Crippen molar-refractivity contribution in [1.82, 2.24) is 10.3 Å². The van der Waals surface area contributed by atoms with Crippen LogP contribution in [0.25, 0.3) is 0 Å². The van der Waals surface area contributed by atoms with Gasteiger partial charge < -0.3 is 15.5 Å². The van der Waals surface area contributed by atoms with E-state index in [4.69, 9.17) is 0 Å². The second-order valence-electron chi connectivity index (χ2n) is 5.65. The second kappa shape index (κ2) is 5.97. The minimum atomic E-state index is -0.154. The molecule has 2 heterocycles. The van der Waals surface area contributed by atoms with Crippen LogP contribution in [0.2, 0.25) is 0 Å². The number of aromatic nitrogens is 1. The maximum Gasteiger partial charge on any atom is 0.231 e. The molecule has 0 unspecified atom stereocenters. The standard InChI is InChI=1S/C14H20N4O.ClH/c1-14(4-5-14)13(19)17-12-3-2-11(10-16-12)18-8-6-15-7-9-18;/h2-3,10,15H,4-9H2,1H3,(H,16,17,19);1H. The molecule has 1 aliphatic heterocycles. The maximum atomic E-state index is 11.9. The first-order valence-corrected chi connectivity index (χ1v) is 6.91. The summed E-state index contributed by atoms with van der Waals surface area (Å²) in [5.74, 6) is 0.743. The molecule has 2 fully saturated rings. The van der Waals surface area contributed by atoms with Crippen LogP contribution >= 0.6 is 12.4 Å². The lowest BCUT2D eigenvalue weighted by Gasteiger charge is -2.29. The predicted octanol–water partition coefficient (Wildman–Crippen LogP) is 1.65. The maximum absolute atomic E-state index is 11.9. The van der Waals surface area contributed by atoms with Crippen LogP contribution in [-0.4, -0.2) is 37.1 Å². The van der Waals surface area contributed by atoms with E-state index in [-0.39, 0.29) is 23.7 Å². The molecule has 2 N–H and O–H groups in total. The van der Waals surface area contributed by atoms with E-state index in [1.54, 1.807) is 0 Å². The van der Waals surface area contributed by atoms with Crippen molar-refractivity contribution in [2.75, 3.05) is 36.4 Å². The lowest BCUT2D eigenvalue weighted by Crippen LogP contribution is -2.43. The van der Waals surface area contributed by atoms with Gasteiger partial charge in [-0.15, -0.1) is 12.4 Å². The summed E-state index contributed by atoms with van der Waals surface area (Å²) in [5, 5.41) is 6.22. The molecule has 1 saturated carbocycles. The summed E-state index contributed by atoms with van der Waals surface area (Å²) in [5.41, 5.74) is 0.968. The van der Waals surface area contributed by atoms with Crippen LogP contribution in [0.1, 0.15) is 19.8 Å². The highest BCUT2D eigenvalue weighted by atomic mass is 35.5.